The predicted octanol–water partition coefficient (Wildman–Crippen LogP) is 4.38. The molecule has 0 bridgehead atoms. The number of rotatable bonds is 11. The number of hydrogen-bond donors (Lipinski definition) is 1. The lowest BCUT2D eigenvalue weighted by Gasteiger charge is -2.28. The molecule has 0 aliphatic heterocycles. The monoisotopic (exact) mass is 294 g/mol. The van der Waals surface area contributed by atoms with Gasteiger partial charge in [0.25, 0.3) is 5.91 Å². The average Bonchev–Trinajstić information content (AvgIpc) is 2.47. The number of amides is 3. The Kier molecular flexibility index (Phi) is 11.3. The lowest BCUT2D eigenvalue weighted by molar-refractivity contribution is -0.115. The zero-order chi connectivity index (χ0) is 16.1. The molecule has 0 radical (unpaired) electrons. The third-order valence-electron chi connectivity index (χ3n) is 3.50. The molecule has 0 heterocycles. The van der Waals surface area contributed by atoms with Crippen molar-refractivity contribution >= 4 is 11.9 Å². The number of hydrogen-bond acceptors (Lipinski definition) is 2. The quantitative estimate of drug-likeness (QED) is 0.454. The van der Waals surface area contributed by atoms with Crippen LogP contribution in [0.3, 0.4) is 0 Å². The molecule has 1 atom stereocenters. The predicted molar refractivity (Wildman–Crippen MR) is 87.8 cm³/mol. The Morgan fingerprint density at radius 1 is 1.05 bits per heavy atom. The fourth-order valence-electron chi connectivity index (χ4n) is 2.36. The van der Waals surface area contributed by atoms with E-state index in [1.165, 1.54) is 31.9 Å². The van der Waals surface area contributed by atoms with Gasteiger partial charge in [-0.05, 0) is 18.9 Å². The fraction of sp³-hybridized carbons (Fsp3) is 0.647. The van der Waals surface area contributed by atoms with Crippen LogP contribution in [0, 0.1) is 0 Å². The highest BCUT2D eigenvalue weighted by molar-refractivity contribution is 6.00. The minimum atomic E-state index is -0.481. The summed E-state index contributed by atoms with van der Waals surface area (Å²) in [5.41, 5.74) is 0. The molecular formula is C17H30N2O2. The minimum Gasteiger partial charge on any atom is -0.298 e. The molecule has 0 saturated heterocycles. The Balaban J connectivity index is 4.48. The smallest absolute Gasteiger partial charge is 0.298 e. The highest BCUT2D eigenvalue weighted by Crippen LogP contribution is 2.16. The van der Waals surface area contributed by atoms with Crippen molar-refractivity contribution in [1.29, 1.82) is 0 Å². The lowest BCUT2D eigenvalue weighted by atomic mass is 10.0. The topological polar surface area (TPSA) is 49.4 Å². The van der Waals surface area contributed by atoms with Crippen LogP contribution in [0.15, 0.2) is 25.4 Å². The maximum absolute atomic E-state index is 12.1. The summed E-state index contributed by atoms with van der Waals surface area (Å²) in [4.78, 5) is 24.9. The van der Waals surface area contributed by atoms with Crippen LogP contribution >= 0.6 is 0 Å². The van der Waals surface area contributed by atoms with E-state index in [0.717, 1.165) is 31.8 Å². The highest BCUT2D eigenvalue weighted by atomic mass is 16.2. The van der Waals surface area contributed by atoms with Crippen LogP contribution in [0.2, 0.25) is 0 Å². The fourth-order valence-corrected chi connectivity index (χ4v) is 2.36. The zero-order valence-corrected chi connectivity index (χ0v) is 13.6. The molecule has 0 rings (SSSR count). The molecule has 0 saturated carbocycles. The van der Waals surface area contributed by atoms with Gasteiger partial charge in [0, 0.05) is 12.2 Å². The highest BCUT2D eigenvalue weighted by Gasteiger charge is 2.21. The van der Waals surface area contributed by atoms with Crippen LogP contribution < -0.4 is 5.32 Å². The summed E-state index contributed by atoms with van der Waals surface area (Å²) in [6.45, 7) is 11.3. The molecule has 4 nitrogen and oxygen atoms in total. The number of urea groups is 1. The first-order valence-electron chi connectivity index (χ1n) is 7.98. The van der Waals surface area contributed by atoms with Crippen LogP contribution in [-0.2, 0) is 4.79 Å². The molecule has 0 aliphatic rings. The lowest BCUT2D eigenvalue weighted by Crippen LogP contribution is -2.44. The van der Waals surface area contributed by atoms with E-state index in [1.54, 1.807) is 4.90 Å². The first kappa shape index (κ1) is 19.4. The van der Waals surface area contributed by atoms with Crippen molar-refractivity contribution in [3.63, 3.8) is 0 Å². The maximum Gasteiger partial charge on any atom is 0.328 e. The Hall–Kier alpha value is -1.58. The first-order valence-corrected chi connectivity index (χ1v) is 7.98. The Morgan fingerprint density at radius 2 is 1.71 bits per heavy atom. The first-order chi connectivity index (χ1) is 10.1. The van der Waals surface area contributed by atoms with Crippen molar-refractivity contribution in [3.8, 4) is 0 Å². The molecule has 4 heteroatoms. The van der Waals surface area contributed by atoms with Crippen LogP contribution in [0.25, 0.3) is 0 Å². The average molecular weight is 294 g/mol. The molecule has 0 fully saturated rings. The maximum atomic E-state index is 12.1. The van der Waals surface area contributed by atoms with Gasteiger partial charge in [0.1, 0.15) is 0 Å². The van der Waals surface area contributed by atoms with Gasteiger partial charge in [-0.3, -0.25) is 15.0 Å². The zero-order valence-electron chi connectivity index (χ0n) is 13.6. The summed E-state index contributed by atoms with van der Waals surface area (Å²) in [5.74, 6) is -0.481. The number of imide groups is 1. The summed E-state index contributed by atoms with van der Waals surface area (Å²) < 4.78 is 0. The molecule has 0 aromatic rings. The van der Waals surface area contributed by atoms with Gasteiger partial charge in [0.15, 0.2) is 0 Å². The van der Waals surface area contributed by atoms with Crippen molar-refractivity contribution in [3.05, 3.63) is 25.4 Å². The van der Waals surface area contributed by atoms with E-state index in [4.69, 9.17) is 0 Å². The summed E-state index contributed by atoms with van der Waals surface area (Å²) in [6, 6.07) is -0.311. The molecule has 21 heavy (non-hydrogen) atoms. The SMILES string of the molecule is C=CC(=O)NC(=O)N(C=C)C(CCC)CCCCCCC. The van der Waals surface area contributed by atoms with Crippen molar-refractivity contribution < 1.29 is 9.59 Å². The van der Waals surface area contributed by atoms with Crippen molar-refractivity contribution in [1.82, 2.24) is 10.2 Å². The van der Waals surface area contributed by atoms with E-state index < -0.39 is 11.9 Å². The summed E-state index contributed by atoms with van der Waals surface area (Å²) >= 11 is 0. The molecule has 0 aromatic carbocycles. The second kappa shape index (κ2) is 12.2. The van der Waals surface area contributed by atoms with Gasteiger partial charge in [0.2, 0.25) is 0 Å². The van der Waals surface area contributed by atoms with Crippen molar-refractivity contribution in [2.45, 2.75) is 71.3 Å². The summed E-state index contributed by atoms with van der Waals surface area (Å²) in [5, 5.41) is 2.29. The molecule has 120 valence electrons. The van der Waals surface area contributed by atoms with E-state index in [9.17, 15) is 9.59 Å². The minimum absolute atomic E-state index is 0.103. The second-order valence-electron chi connectivity index (χ2n) is 5.23. The molecule has 1 unspecified atom stereocenters. The van der Waals surface area contributed by atoms with Gasteiger partial charge in [-0.2, -0.15) is 0 Å². The van der Waals surface area contributed by atoms with E-state index in [-0.39, 0.29) is 6.04 Å². The standard InChI is InChI=1S/C17H30N2O2/c1-5-9-10-11-12-14-15(13-6-2)19(8-4)17(21)18-16(20)7-3/h7-8,15H,3-6,9-14H2,1-2H3,(H,18,20,21). The number of unbranched alkanes of at least 4 members (excludes halogenated alkanes) is 4. The third-order valence-corrected chi connectivity index (χ3v) is 3.50. The number of nitrogens with zero attached hydrogens (tertiary/aromatic N) is 1. The number of carbonyl (C=O) groups excluding carboxylic acids is 2. The number of carbonyl (C=O) groups is 2. The van der Waals surface area contributed by atoms with Gasteiger partial charge >= 0.3 is 6.03 Å². The van der Waals surface area contributed by atoms with Crippen molar-refractivity contribution in [2.75, 3.05) is 0 Å². The summed E-state index contributed by atoms with van der Waals surface area (Å²) in [6.07, 6.45) is 11.5. The number of nitrogens with one attached hydrogen (secondary N) is 1. The Morgan fingerprint density at radius 3 is 2.24 bits per heavy atom. The van der Waals surface area contributed by atoms with Gasteiger partial charge in [-0.15, -0.1) is 0 Å². The Bertz CT molecular complexity index is 340. The van der Waals surface area contributed by atoms with Gasteiger partial charge < -0.3 is 0 Å². The molecule has 3 amide bonds. The second-order valence-corrected chi connectivity index (χ2v) is 5.23. The van der Waals surface area contributed by atoms with Crippen LogP contribution in [0.4, 0.5) is 4.79 Å². The van der Waals surface area contributed by atoms with E-state index in [2.05, 4.69) is 32.3 Å². The van der Waals surface area contributed by atoms with Gasteiger partial charge in [0.05, 0.1) is 0 Å². The largest absolute Gasteiger partial charge is 0.328 e. The Labute approximate surface area is 129 Å². The molecule has 0 aromatic heterocycles. The van der Waals surface area contributed by atoms with Crippen molar-refractivity contribution in [2.24, 2.45) is 0 Å². The summed E-state index contributed by atoms with van der Waals surface area (Å²) in [7, 11) is 0. The van der Waals surface area contributed by atoms with Crippen LogP contribution in [0.1, 0.15) is 65.2 Å². The molecule has 1 N–H and O–H groups in total. The third kappa shape index (κ3) is 8.33. The molecule has 0 aliphatic carbocycles. The van der Waals surface area contributed by atoms with Gasteiger partial charge in [-0.1, -0.05) is 65.5 Å². The van der Waals surface area contributed by atoms with Crippen LogP contribution in [-0.4, -0.2) is 22.9 Å². The normalized spacial score (nSPS) is 11.5. The molecule has 0 spiro atoms. The van der Waals surface area contributed by atoms with E-state index >= 15 is 0 Å². The molecular weight excluding hydrogens is 264 g/mol. The van der Waals surface area contributed by atoms with E-state index in [1.807, 2.05) is 0 Å². The van der Waals surface area contributed by atoms with E-state index in [0.29, 0.717) is 0 Å². The van der Waals surface area contributed by atoms with Crippen LogP contribution in [0.5, 0.6) is 0 Å². The van der Waals surface area contributed by atoms with Gasteiger partial charge in [-0.25, -0.2) is 4.79 Å².